The topological polar surface area (TPSA) is 74.2 Å². The molecule has 0 saturated heterocycles. The highest BCUT2D eigenvalue weighted by atomic mass is 16.7. The Morgan fingerprint density at radius 1 is 0.710 bits per heavy atom. The van der Waals surface area contributed by atoms with Crippen molar-refractivity contribution in [3.8, 4) is 0 Å². The quantitative estimate of drug-likeness (QED) is 0.548. The van der Waals surface area contributed by atoms with E-state index in [1.807, 2.05) is 78.9 Å². The zero-order valence-electron chi connectivity index (χ0n) is 16.7. The van der Waals surface area contributed by atoms with Crippen LogP contribution in [0.5, 0.6) is 0 Å². The third-order valence-electron chi connectivity index (χ3n) is 4.87. The number of nitrogens with zero attached hydrogens (tertiary/aromatic N) is 1. The zero-order chi connectivity index (χ0) is 21.5. The van der Waals surface area contributed by atoms with Crippen molar-refractivity contribution in [2.45, 2.75) is 19.3 Å². The van der Waals surface area contributed by atoms with Crippen LogP contribution >= 0.6 is 0 Å². The largest absolute Gasteiger partial charge is 0.460 e. The Balaban J connectivity index is 1.50. The molecule has 0 bridgehead atoms. The smallest absolute Gasteiger partial charge is 0.351 e. The molecule has 4 rings (SSSR count). The highest BCUT2D eigenvalue weighted by Gasteiger charge is 2.47. The molecule has 3 aromatic carbocycles. The number of oxime groups is 1. The number of carbonyl (C=O) groups excluding carboxylic acids is 2. The second-order valence-electron chi connectivity index (χ2n) is 7.03. The molecule has 0 aliphatic carbocycles. The molecule has 2 atom stereocenters. The van der Waals surface area contributed by atoms with E-state index in [1.165, 1.54) is 0 Å². The number of carbonyl (C=O) groups is 2. The molecule has 0 saturated carbocycles. The SMILES string of the molecule is O=C(OCc1ccccc1)[C@@H]1C(c2ccccc2)=NO[C@H]1C(=O)OCc1ccccc1. The van der Waals surface area contributed by atoms with Crippen molar-refractivity contribution in [3.05, 3.63) is 108 Å². The molecule has 3 aromatic rings. The van der Waals surface area contributed by atoms with Gasteiger partial charge in [-0.25, -0.2) is 4.79 Å². The number of hydrogen-bond donors (Lipinski definition) is 0. The van der Waals surface area contributed by atoms with Gasteiger partial charge in [-0.1, -0.05) is 96.2 Å². The lowest BCUT2D eigenvalue weighted by Crippen LogP contribution is -2.39. The average molecular weight is 415 g/mol. The van der Waals surface area contributed by atoms with Crippen molar-refractivity contribution in [2.75, 3.05) is 0 Å². The second kappa shape index (κ2) is 9.71. The summed E-state index contributed by atoms with van der Waals surface area (Å²) in [6.07, 6.45) is -1.21. The third kappa shape index (κ3) is 4.98. The van der Waals surface area contributed by atoms with Gasteiger partial charge in [-0.2, -0.15) is 0 Å². The fourth-order valence-electron chi connectivity index (χ4n) is 3.26. The first-order chi connectivity index (χ1) is 15.2. The Kier molecular flexibility index (Phi) is 6.38. The van der Waals surface area contributed by atoms with Gasteiger partial charge in [0.15, 0.2) is 5.92 Å². The number of rotatable bonds is 7. The van der Waals surface area contributed by atoms with Crippen molar-refractivity contribution >= 4 is 17.7 Å². The van der Waals surface area contributed by atoms with Crippen LogP contribution in [0.15, 0.2) is 96.2 Å². The monoisotopic (exact) mass is 415 g/mol. The minimum absolute atomic E-state index is 0.0754. The molecule has 0 unspecified atom stereocenters. The highest BCUT2D eigenvalue weighted by Crippen LogP contribution is 2.26. The fourth-order valence-corrected chi connectivity index (χ4v) is 3.26. The molecule has 0 radical (unpaired) electrons. The summed E-state index contributed by atoms with van der Waals surface area (Å²) in [5, 5.41) is 4.04. The van der Waals surface area contributed by atoms with E-state index in [-0.39, 0.29) is 13.2 Å². The molecule has 1 aliphatic rings. The van der Waals surface area contributed by atoms with Gasteiger partial charge in [-0.15, -0.1) is 0 Å². The third-order valence-corrected chi connectivity index (χ3v) is 4.87. The molecule has 31 heavy (non-hydrogen) atoms. The first kappa shape index (κ1) is 20.3. The Morgan fingerprint density at radius 2 is 1.19 bits per heavy atom. The summed E-state index contributed by atoms with van der Waals surface area (Å²) in [6.45, 7) is 0.163. The standard InChI is InChI=1S/C25H21NO5/c27-24(29-16-18-10-4-1-5-11-18)21-22(20-14-8-3-9-15-20)26-31-23(21)25(28)30-17-19-12-6-2-7-13-19/h1-15,21,23H,16-17H2/t21-,23-/m1/s1. The maximum Gasteiger partial charge on any atom is 0.351 e. The van der Waals surface area contributed by atoms with Crippen LogP contribution in [0, 0.1) is 5.92 Å². The first-order valence-corrected chi connectivity index (χ1v) is 9.92. The van der Waals surface area contributed by atoms with Crippen LogP contribution in [-0.4, -0.2) is 23.8 Å². The van der Waals surface area contributed by atoms with E-state index < -0.39 is 24.0 Å². The van der Waals surface area contributed by atoms with Gasteiger partial charge < -0.3 is 14.3 Å². The van der Waals surface area contributed by atoms with Gasteiger partial charge >= 0.3 is 11.9 Å². The van der Waals surface area contributed by atoms with Crippen LogP contribution in [0.1, 0.15) is 16.7 Å². The summed E-state index contributed by atoms with van der Waals surface area (Å²) in [4.78, 5) is 31.1. The van der Waals surface area contributed by atoms with Crippen LogP contribution in [0.2, 0.25) is 0 Å². The predicted molar refractivity (Wildman–Crippen MR) is 114 cm³/mol. The Labute approximate surface area is 180 Å². The molecule has 6 heteroatoms. The molecular weight excluding hydrogens is 394 g/mol. The van der Waals surface area contributed by atoms with E-state index in [0.29, 0.717) is 11.3 Å². The van der Waals surface area contributed by atoms with Gasteiger partial charge in [0.25, 0.3) is 0 Å². The van der Waals surface area contributed by atoms with E-state index in [4.69, 9.17) is 14.3 Å². The van der Waals surface area contributed by atoms with Gasteiger partial charge in [0.1, 0.15) is 18.9 Å². The maximum absolute atomic E-state index is 13.0. The molecule has 0 aromatic heterocycles. The molecule has 0 N–H and O–H groups in total. The van der Waals surface area contributed by atoms with Crippen LogP contribution in [0.4, 0.5) is 0 Å². The van der Waals surface area contributed by atoms with Crippen LogP contribution in [0.25, 0.3) is 0 Å². The van der Waals surface area contributed by atoms with Crippen LogP contribution in [-0.2, 0) is 37.1 Å². The zero-order valence-corrected chi connectivity index (χ0v) is 16.7. The van der Waals surface area contributed by atoms with Gasteiger partial charge in [0, 0.05) is 5.56 Å². The molecule has 0 fully saturated rings. The second-order valence-corrected chi connectivity index (χ2v) is 7.03. The van der Waals surface area contributed by atoms with E-state index >= 15 is 0 Å². The summed E-state index contributed by atoms with van der Waals surface area (Å²) in [6, 6.07) is 27.7. The minimum Gasteiger partial charge on any atom is -0.460 e. The first-order valence-electron chi connectivity index (χ1n) is 9.92. The number of ether oxygens (including phenoxy) is 2. The van der Waals surface area contributed by atoms with Gasteiger partial charge in [0.05, 0.1) is 0 Å². The van der Waals surface area contributed by atoms with Crippen molar-refractivity contribution in [2.24, 2.45) is 11.1 Å². The normalized spacial score (nSPS) is 17.4. The Morgan fingerprint density at radius 3 is 1.74 bits per heavy atom. The molecule has 1 heterocycles. The number of esters is 2. The lowest BCUT2D eigenvalue weighted by atomic mass is 9.92. The van der Waals surface area contributed by atoms with E-state index in [2.05, 4.69) is 5.16 Å². The lowest BCUT2D eigenvalue weighted by molar-refractivity contribution is -0.166. The number of benzene rings is 3. The van der Waals surface area contributed by atoms with Crippen molar-refractivity contribution in [1.82, 2.24) is 0 Å². The van der Waals surface area contributed by atoms with Gasteiger partial charge in [0.2, 0.25) is 6.10 Å². The predicted octanol–water partition coefficient (Wildman–Crippen LogP) is 3.89. The van der Waals surface area contributed by atoms with Crippen molar-refractivity contribution in [3.63, 3.8) is 0 Å². The molecule has 0 spiro atoms. The summed E-state index contributed by atoms with van der Waals surface area (Å²) in [7, 11) is 0. The van der Waals surface area contributed by atoms with Gasteiger partial charge in [-0.05, 0) is 11.1 Å². The Bertz CT molecular complexity index is 1050. The molecule has 6 nitrogen and oxygen atoms in total. The van der Waals surface area contributed by atoms with E-state index in [9.17, 15) is 9.59 Å². The van der Waals surface area contributed by atoms with Crippen LogP contribution < -0.4 is 0 Å². The van der Waals surface area contributed by atoms with Crippen LogP contribution in [0.3, 0.4) is 0 Å². The van der Waals surface area contributed by atoms with Gasteiger partial charge in [-0.3, -0.25) is 4.79 Å². The minimum atomic E-state index is -1.21. The molecule has 0 amide bonds. The fraction of sp³-hybridized carbons (Fsp3) is 0.160. The summed E-state index contributed by atoms with van der Waals surface area (Å²) < 4.78 is 10.9. The summed E-state index contributed by atoms with van der Waals surface area (Å²) in [5.41, 5.74) is 2.71. The molecular formula is C25H21NO5. The number of hydrogen-bond acceptors (Lipinski definition) is 6. The highest BCUT2D eigenvalue weighted by molar-refractivity contribution is 6.15. The van der Waals surface area contributed by atoms with Crippen molar-refractivity contribution in [1.29, 1.82) is 0 Å². The Hall–Kier alpha value is -3.93. The lowest BCUT2D eigenvalue weighted by Gasteiger charge is -2.17. The summed E-state index contributed by atoms with van der Waals surface area (Å²) >= 11 is 0. The average Bonchev–Trinajstić information content (AvgIpc) is 3.28. The summed E-state index contributed by atoms with van der Waals surface area (Å²) in [5.74, 6) is -2.28. The van der Waals surface area contributed by atoms with E-state index in [1.54, 1.807) is 12.1 Å². The van der Waals surface area contributed by atoms with Crippen molar-refractivity contribution < 1.29 is 23.9 Å². The maximum atomic E-state index is 13.0. The van der Waals surface area contributed by atoms with E-state index in [0.717, 1.165) is 11.1 Å². The molecule has 1 aliphatic heterocycles. The molecule has 156 valence electrons.